The number of hydrogen-bond acceptors (Lipinski definition) is 4. The van der Waals surface area contributed by atoms with Crippen LogP contribution in [-0.4, -0.2) is 9.55 Å². The Kier molecular flexibility index (Phi) is 12.6. The van der Waals surface area contributed by atoms with E-state index in [1.165, 1.54) is 33.4 Å². The van der Waals surface area contributed by atoms with Gasteiger partial charge in [-0.25, -0.2) is 4.98 Å². The van der Waals surface area contributed by atoms with Crippen LogP contribution in [0, 0.1) is 24.2 Å². The van der Waals surface area contributed by atoms with Crippen LogP contribution in [-0.2, 0) is 37.3 Å². The number of benzene rings is 7. The van der Waals surface area contributed by atoms with Crippen LogP contribution in [0.4, 0.5) is 11.4 Å². The molecule has 0 aliphatic carbocycles. The Balaban J connectivity index is 0.00000593. The van der Waals surface area contributed by atoms with E-state index in [9.17, 15) is 0 Å². The summed E-state index contributed by atoms with van der Waals surface area (Å²) in [6, 6.07) is 69.8. The SMILES string of the molecule is CC(C)(C)C1=CN(c2cc(C(C)(C)c3ccccc3)cc(C(C)(C)c3ccccc3)c2)[CH-]N1c1[c-]c(Oc2[c-]c3c(cc2)c2ccccc2n3-c2cc(C(C)(C)c3ccccc3)ccn2)ccc1.[Pt]. The predicted octanol–water partition coefficient (Wildman–Crippen LogP) is 15.9. The number of pyridine rings is 1. The van der Waals surface area contributed by atoms with E-state index in [2.05, 4.69) is 259 Å². The van der Waals surface area contributed by atoms with Crippen molar-refractivity contribution >= 4 is 33.2 Å². The molecule has 0 atom stereocenters. The molecule has 5 nitrogen and oxygen atoms in total. The monoisotopic (exact) mass is 1080 g/mol. The van der Waals surface area contributed by atoms with Crippen LogP contribution in [0.25, 0.3) is 27.6 Å². The predicted molar refractivity (Wildman–Crippen MR) is 282 cm³/mol. The Morgan fingerprint density at radius 2 is 1.04 bits per heavy atom. The molecule has 0 N–H and O–H groups in total. The minimum atomic E-state index is -0.248. The van der Waals surface area contributed by atoms with Crippen molar-refractivity contribution in [1.29, 1.82) is 0 Å². The molecule has 0 radical (unpaired) electrons. The van der Waals surface area contributed by atoms with E-state index in [1.807, 2.05) is 24.4 Å². The fourth-order valence-electron chi connectivity index (χ4n) is 9.70. The largest absolute Gasteiger partial charge is 0.509 e. The summed E-state index contributed by atoms with van der Waals surface area (Å²) < 4.78 is 8.92. The van der Waals surface area contributed by atoms with Gasteiger partial charge in [0.1, 0.15) is 5.82 Å². The van der Waals surface area contributed by atoms with Gasteiger partial charge in [-0.3, -0.25) is 0 Å². The normalized spacial score (nSPS) is 13.4. The molecule has 0 fully saturated rings. The molecule has 10 rings (SSSR count). The molecule has 0 spiro atoms. The van der Waals surface area contributed by atoms with Crippen LogP contribution in [0.15, 0.2) is 194 Å². The zero-order valence-electron chi connectivity index (χ0n) is 41.0. The molecular weight excluding hydrogens is 1020 g/mol. The van der Waals surface area contributed by atoms with Crippen molar-refractivity contribution in [3.05, 3.63) is 246 Å². The van der Waals surface area contributed by atoms with E-state index < -0.39 is 0 Å². The van der Waals surface area contributed by atoms with Crippen LogP contribution < -0.4 is 14.5 Å². The standard InChI is InChI=1S/C63H59N4O.Pt/c1-60(2,3)58-42-65(51-37-48(62(6,7)45-24-15-11-16-25-45)36-49(38-51)63(8,9)46-26-17-12-18-27-46)43-66(58)50-28-21-29-52(40-50)68-53-32-33-55-54-30-19-20-31-56(54)67(57(55)41-53)59-39-47(34-35-64-59)61(4,5)44-22-13-10-14-23-44;/h10-39,42-43H,1-9H3;/q-3;. The maximum absolute atomic E-state index is 6.71. The average Bonchev–Trinajstić information content (AvgIpc) is 3.96. The summed E-state index contributed by atoms with van der Waals surface area (Å²) in [6.07, 6.45) is 4.19. The van der Waals surface area contributed by atoms with Gasteiger partial charge in [-0.15, -0.1) is 48.1 Å². The fraction of sp³-hybridized carbons (Fsp3) is 0.206. The van der Waals surface area contributed by atoms with Gasteiger partial charge in [-0.05, 0) is 75.3 Å². The van der Waals surface area contributed by atoms with Crippen molar-refractivity contribution in [1.82, 2.24) is 9.55 Å². The van der Waals surface area contributed by atoms with Gasteiger partial charge < -0.3 is 19.1 Å². The average molecular weight is 1080 g/mol. The van der Waals surface area contributed by atoms with E-state index in [0.717, 1.165) is 44.7 Å². The molecule has 2 aromatic heterocycles. The van der Waals surface area contributed by atoms with Gasteiger partial charge >= 0.3 is 0 Å². The molecule has 0 unspecified atom stereocenters. The molecule has 6 heteroatoms. The van der Waals surface area contributed by atoms with Crippen molar-refractivity contribution in [2.75, 3.05) is 9.80 Å². The van der Waals surface area contributed by atoms with E-state index >= 15 is 0 Å². The van der Waals surface area contributed by atoms with Gasteiger partial charge in [0.05, 0.1) is 0 Å². The first-order valence-electron chi connectivity index (χ1n) is 23.7. The Hall–Kier alpha value is -6.68. The first kappa shape index (κ1) is 47.4. The van der Waals surface area contributed by atoms with Gasteiger partial charge in [0.2, 0.25) is 0 Å². The number of rotatable bonds is 11. The zero-order valence-corrected chi connectivity index (χ0v) is 43.3. The Labute approximate surface area is 423 Å². The number of hydrogen-bond donors (Lipinski definition) is 0. The minimum Gasteiger partial charge on any atom is -0.509 e. The zero-order chi connectivity index (χ0) is 47.4. The van der Waals surface area contributed by atoms with Gasteiger partial charge in [0.15, 0.2) is 0 Å². The van der Waals surface area contributed by atoms with E-state index in [1.54, 1.807) is 0 Å². The van der Waals surface area contributed by atoms with Gasteiger partial charge in [0, 0.05) is 77.3 Å². The van der Waals surface area contributed by atoms with Crippen LogP contribution >= 0.6 is 0 Å². The molecule has 0 amide bonds. The minimum absolute atomic E-state index is 0. The summed E-state index contributed by atoms with van der Waals surface area (Å²) in [6.45, 7) is 22.8. The summed E-state index contributed by atoms with van der Waals surface area (Å²) in [4.78, 5) is 9.49. The summed E-state index contributed by atoms with van der Waals surface area (Å²) in [5, 5.41) is 2.22. The molecule has 3 heterocycles. The second-order valence-electron chi connectivity index (χ2n) is 20.7. The first-order valence-corrected chi connectivity index (χ1v) is 23.7. The quantitative estimate of drug-likeness (QED) is 0.121. The molecule has 0 saturated carbocycles. The summed E-state index contributed by atoms with van der Waals surface area (Å²) in [7, 11) is 0. The molecule has 7 aromatic carbocycles. The van der Waals surface area contributed by atoms with Crippen molar-refractivity contribution in [2.24, 2.45) is 5.41 Å². The molecule has 69 heavy (non-hydrogen) atoms. The van der Waals surface area contributed by atoms with Crippen molar-refractivity contribution < 1.29 is 25.8 Å². The van der Waals surface area contributed by atoms with E-state index in [0.29, 0.717) is 11.5 Å². The fourth-order valence-corrected chi connectivity index (χ4v) is 9.70. The smallest absolute Gasteiger partial charge is 0.135 e. The molecule has 0 saturated heterocycles. The van der Waals surface area contributed by atoms with E-state index in [4.69, 9.17) is 9.72 Å². The van der Waals surface area contributed by atoms with Crippen LogP contribution in [0.1, 0.15) is 95.7 Å². The number of para-hydroxylation sites is 1. The second-order valence-corrected chi connectivity index (χ2v) is 20.7. The number of anilines is 2. The van der Waals surface area contributed by atoms with E-state index in [-0.39, 0.29) is 42.7 Å². The second kappa shape index (κ2) is 18.3. The maximum Gasteiger partial charge on any atom is 0.135 e. The van der Waals surface area contributed by atoms with Crippen molar-refractivity contribution in [3.63, 3.8) is 0 Å². The molecule has 350 valence electrons. The Bertz CT molecular complexity index is 3240. The maximum atomic E-state index is 6.71. The van der Waals surface area contributed by atoms with Gasteiger partial charge in [0.25, 0.3) is 0 Å². The topological polar surface area (TPSA) is 33.5 Å². The molecule has 1 aliphatic rings. The molecule has 9 aromatic rings. The number of aromatic nitrogens is 2. The van der Waals surface area contributed by atoms with Crippen LogP contribution in [0.3, 0.4) is 0 Å². The summed E-state index contributed by atoms with van der Waals surface area (Å²) in [5.74, 6) is 2.03. The van der Waals surface area contributed by atoms with Gasteiger partial charge in [-0.2, -0.15) is 12.1 Å². The number of nitrogens with zero attached hydrogens (tertiary/aromatic N) is 4. The van der Waals surface area contributed by atoms with Crippen LogP contribution in [0.5, 0.6) is 11.5 Å². The first-order chi connectivity index (χ1) is 32.6. The third-order valence-electron chi connectivity index (χ3n) is 14.2. The number of fused-ring (bicyclic) bond motifs is 3. The van der Waals surface area contributed by atoms with Crippen LogP contribution in [0.2, 0.25) is 0 Å². The van der Waals surface area contributed by atoms with Crippen molar-refractivity contribution in [3.8, 4) is 17.3 Å². The summed E-state index contributed by atoms with van der Waals surface area (Å²) in [5.41, 5.74) is 11.7. The number of allylic oxidation sites excluding steroid dienone is 1. The van der Waals surface area contributed by atoms with Crippen molar-refractivity contribution in [2.45, 2.75) is 78.6 Å². The third-order valence-corrected chi connectivity index (χ3v) is 14.2. The van der Waals surface area contributed by atoms with Gasteiger partial charge in [-0.1, -0.05) is 183 Å². The Morgan fingerprint density at radius 1 is 0.493 bits per heavy atom. The number of ether oxygens (including phenoxy) is 1. The molecule has 1 aliphatic heterocycles. The molecule has 0 bridgehead atoms. The molecular formula is C63H59N4OPt-3. The summed E-state index contributed by atoms with van der Waals surface area (Å²) >= 11 is 0. The third kappa shape index (κ3) is 8.94. The Morgan fingerprint density at radius 3 is 1.64 bits per heavy atom.